The molecule has 2 heterocycles. The van der Waals surface area contributed by atoms with Crippen LogP contribution in [0.5, 0.6) is 0 Å². The highest BCUT2D eigenvalue weighted by molar-refractivity contribution is 6.74. The minimum atomic E-state index is -1.99. The lowest BCUT2D eigenvalue weighted by atomic mass is 9.88. The van der Waals surface area contributed by atoms with Crippen molar-refractivity contribution in [3.8, 4) is 0 Å². The Labute approximate surface area is 284 Å². The minimum Gasteiger partial charge on any atom is -0.465 e. The largest absolute Gasteiger partial charge is 0.465 e. The molecule has 0 aromatic heterocycles. The maximum Gasteiger partial charge on any atom is 0.320 e. The zero-order chi connectivity index (χ0) is 36.5. The maximum atomic E-state index is 12.8. The van der Waals surface area contributed by atoms with Crippen molar-refractivity contribution < 1.29 is 47.7 Å². The number of carbonyl (C=O) groups excluding carboxylic acids is 4. The monoisotopic (exact) mass is 688 g/mol. The van der Waals surface area contributed by atoms with E-state index in [2.05, 4.69) is 33.9 Å². The summed E-state index contributed by atoms with van der Waals surface area (Å²) in [4.78, 5) is 52.4. The maximum absolute atomic E-state index is 12.8. The molecule has 0 saturated carbocycles. The first-order valence-electron chi connectivity index (χ1n) is 16.8. The van der Waals surface area contributed by atoms with Gasteiger partial charge in [0.05, 0.1) is 39.5 Å². The molecular weight excluding hydrogens is 624 g/mol. The number of rotatable bonds is 12. The lowest BCUT2D eigenvalue weighted by molar-refractivity contribution is -0.159. The molecule has 0 amide bonds. The van der Waals surface area contributed by atoms with Gasteiger partial charge in [-0.05, 0) is 86.4 Å². The Kier molecular flexibility index (Phi) is 15.6. The zero-order valence-corrected chi connectivity index (χ0v) is 32.5. The van der Waals surface area contributed by atoms with E-state index in [1.165, 1.54) is 0 Å². The second kappa shape index (κ2) is 17.0. The zero-order valence-electron chi connectivity index (χ0n) is 31.5. The molecule has 2 aliphatic heterocycles. The van der Waals surface area contributed by atoms with Gasteiger partial charge in [0.1, 0.15) is 22.0 Å². The summed E-state index contributed by atoms with van der Waals surface area (Å²) in [7, 11) is -1.99. The molecule has 1 N–H and O–H groups in total. The smallest absolute Gasteiger partial charge is 0.320 e. The molecule has 47 heavy (non-hydrogen) atoms. The van der Waals surface area contributed by atoms with Gasteiger partial charge in [-0.25, -0.2) is 0 Å². The molecule has 2 rings (SSSR count). The second-order valence-electron chi connectivity index (χ2n) is 16.3. The molecule has 2 aliphatic rings. The number of hydrogen-bond acceptors (Lipinski definition) is 12. The number of ether oxygens (including phenoxy) is 4. The second-order valence-corrected chi connectivity index (χ2v) is 21.1. The van der Waals surface area contributed by atoms with E-state index in [0.29, 0.717) is 52.2 Å². The van der Waals surface area contributed by atoms with Crippen LogP contribution in [0.25, 0.3) is 0 Å². The van der Waals surface area contributed by atoms with Gasteiger partial charge in [-0.15, -0.1) is 0 Å². The average molecular weight is 689 g/mol. The third kappa shape index (κ3) is 13.8. The fourth-order valence-corrected chi connectivity index (χ4v) is 6.18. The van der Waals surface area contributed by atoms with Crippen LogP contribution >= 0.6 is 0 Å². The van der Waals surface area contributed by atoms with Crippen LogP contribution in [-0.2, 0) is 42.6 Å². The van der Waals surface area contributed by atoms with Crippen LogP contribution in [0.4, 0.5) is 0 Å². The van der Waals surface area contributed by atoms with Crippen molar-refractivity contribution in [3.63, 3.8) is 0 Å². The predicted octanol–water partition coefficient (Wildman–Crippen LogP) is 4.18. The van der Waals surface area contributed by atoms with Crippen LogP contribution < -0.4 is 0 Å². The van der Waals surface area contributed by atoms with E-state index in [1.54, 1.807) is 6.92 Å². The number of esters is 4. The summed E-state index contributed by atoms with van der Waals surface area (Å²) in [5.74, 6) is -1.22. The predicted molar refractivity (Wildman–Crippen MR) is 182 cm³/mol. The van der Waals surface area contributed by atoms with E-state index in [1.807, 2.05) is 58.3 Å². The number of aliphatic hydroxyl groups is 1. The van der Waals surface area contributed by atoms with Crippen molar-refractivity contribution in [1.29, 1.82) is 0 Å². The van der Waals surface area contributed by atoms with Crippen LogP contribution in [0.3, 0.4) is 0 Å². The van der Waals surface area contributed by atoms with E-state index in [9.17, 15) is 24.3 Å². The topological polar surface area (TPSA) is 141 Å². The molecule has 2 atom stereocenters. The molecule has 0 aliphatic carbocycles. The number of nitrogens with zero attached hydrogens (tertiary/aromatic N) is 2. The standard InChI is InChI=1S/C20H39NO5Si.C14H25NO5/c1-10-24-17(23)20(15-25-27(8,9)19(5,6)7)11-12-21(14-20)13-16(22)26-18(2,3)4;1-5-19-12(18)14(10-16)6-7-15(9-14)8-11(17)20-13(2,3)4/h10-15H2,1-9H3;16H,5-10H2,1-4H3. The summed E-state index contributed by atoms with van der Waals surface area (Å²) < 4.78 is 27.4. The summed E-state index contributed by atoms with van der Waals surface area (Å²) in [6.45, 7) is 28.4. The van der Waals surface area contributed by atoms with E-state index in [4.69, 9.17) is 23.4 Å². The molecule has 274 valence electrons. The Bertz CT molecular complexity index is 1060. The molecule has 0 aromatic carbocycles. The molecule has 2 fully saturated rings. The van der Waals surface area contributed by atoms with E-state index in [0.717, 1.165) is 0 Å². The number of likely N-dealkylation sites (tertiary alicyclic amines) is 2. The van der Waals surface area contributed by atoms with Gasteiger partial charge in [0, 0.05) is 26.2 Å². The Morgan fingerprint density at radius 3 is 1.45 bits per heavy atom. The minimum absolute atomic E-state index is 0.0671. The Balaban J connectivity index is 0.000000491. The molecular formula is C34H64N2O10Si. The van der Waals surface area contributed by atoms with Crippen molar-refractivity contribution in [3.05, 3.63) is 0 Å². The fourth-order valence-electron chi connectivity index (χ4n) is 5.11. The molecule has 0 spiro atoms. The summed E-state index contributed by atoms with van der Waals surface area (Å²) in [6, 6.07) is 0. The summed E-state index contributed by atoms with van der Waals surface area (Å²) in [5, 5.41) is 9.58. The summed E-state index contributed by atoms with van der Waals surface area (Å²) >= 11 is 0. The van der Waals surface area contributed by atoms with E-state index >= 15 is 0 Å². The first-order valence-corrected chi connectivity index (χ1v) is 19.7. The third-order valence-electron chi connectivity index (χ3n) is 8.65. The van der Waals surface area contributed by atoms with Gasteiger partial charge in [0.25, 0.3) is 0 Å². The van der Waals surface area contributed by atoms with Crippen LogP contribution in [0.15, 0.2) is 0 Å². The highest BCUT2D eigenvalue weighted by Crippen LogP contribution is 2.40. The molecule has 2 unspecified atom stereocenters. The lowest BCUT2D eigenvalue weighted by Gasteiger charge is -2.39. The molecule has 13 heteroatoms. The van der Waals surface area contributed by atoms with Crippen molar-refractivity contribution in [2.24, 2.45) is 10.8 Å². The van der Waals surface area contributed by atoms with Crippen LogP contribution in [0, 0.1) is 10.8 Å². The van der Waals surface area contributed by atoms with Gasteiger partial charge >= 0.3 is 23.9 Å². The highest BCUT2D eigenvalue weighted by atomic mass is 28.4. The third-order valence-corrected chi connectivity index (χ3v) is 13.1. The van der Waals surface area contributed by atoms with Crippen LogP contribution in [0.1, 0.15) is 89.0 Å². The van der Waals surface area contributed by atoms with E-state index in [-0.39, 0.29) is 49.2 Å². The van der Waals surface area contributed by atoms with Gasteiger partial charge in [0.15, 0.2) is 8.32 Å². The van der Waals surface area contributed by atoms with Crippen molar-refractivity contribution >= 4 is 32.2 Å². The van der Waals surface area contributed by atoms with Crippen LogP contribution in [0.2, 0.25) is 18.1 Å². The van der Waals surface area contributed by atoms with Gasteiger partial charge < -0.3 is 28.5 Å². The van der Waals surface area contributed by atoms with Gasteiger partial charge in [-0.3, -0.25) is 29.0 Å². The fraction of sp³-hybridized carbons (Fsp3) is 0.882. The first-order chi connectivity index (χ1) is 21.3. The van der Waals surface area contributed by atoms with Gasteiger partial charge in [0.2, 0.25) is 0 Å². The quantitative estimate of drug-likeness (QED) is 0.179. The molecule has 2 saturated heterocycles. The van der Waals surface area contributed by atoms with Crippen molar-refractivity contribution in [2.75, 3.05) is 65.7 Å². The number of aliphatic hydroxyl groups excluding tert-OH is 1. The molecule has 0 radical (unpaired) electrons. The Morgan fingerprint density at radius 2 is 1.09 bits per heavy atom. The summed E-state index contributed by atoms with van der Waals surface area (Å²) in [6.07, 6.45) is 1.12. The number of hydrogen-bond donors (Lipinski definition) is 1. The van der Waals surface area contributed by atoms with Crippen LogP contribution in [-0.4, -0.2) is 124 Å². The van der Waals surface area contributed by atoms with Crippen molar-refractivity contribution in [2.45, 2.75) is 118 Å². The van der Waals surface area contributed by atoms with Gasteiger partial charge in [-0.1, -0.05) is 20.8 Å². The molecule has 0 aromatic rings. The van der Waals surface area contributed by atoms with Gasteiger partial charge in [-0.2, -0.15) is 0 Å². The Morgan fingerprint density at radius 1 is 0.702 bits per heavy atom. The molecule has 12 nitrogen and oxygen atoms in total. The number of carbonyl (C=O) groups is 4. The normalized spacial score (nSPS) is 22.7. The molecule has 0 bridgehead atoms. The highest BCUT2D eigenvalue weighted by Gasteiger charge is 2.49. The Hall–Kier alpha value is -2.06. The van der Waals surface area contributed by atoms with E-state index < -0.39 is 36.3 Å². The SMILES string of the molecule is CCOC(=O)C1(CO)CCN(CC(=O)OC(C)(C)C)C1.CCOC(=O)C1(CO[Si](C)(C)C(C)(C)C)CCN(CC(=O)OC(C)(C)C)C1. The van der Waals surface area contributed by atoms with Crippen molar-refractivity contribution in [1.82, 2.24) is 9.80 Å². The first kappa shape index (κ1) is 43.0. The average Bonchev–Trinajstić information content (AvgIpc) is 3.51. The lowest BCUT2D eigenvalue weighted by Crippen LogP contribution is -2.48. The summed E-state index contributed by atoms with van der Waals surface area (Å²) in [5.41, 5.74) is -2.65.